The quantitative estimate of drug-likeness (QED) is 0.185. The number of hydrogen-bond acceptors (Lipinski definition) is 4. The molecule has 0 bridgehead atoms. The molecule has 0 amide bonds. The van der Waals surface area contributed by atoms with E-state index in [1.807, 2.05) is 36.4 Å². The van der Waals surface area contributed by atoms with Crippen LogP contribution in [0.3, 0.4) is 0 Å². The summed E-state index contributed by atoms with van der Waals surface area (Å²) in [5.41, 5.74) is 1.04. The first kappa shape index (κ1) is 19.1. The predicted octanol–water partition coefficient (Wildman–Crippen LogP) is 4.45. The fourth-order valence-electron chi connectivity index (χ4n) is 3.47. The Morgan fingerprint density at radius 1 is 0.871 bits per heavy atom. The molecule has 0 unspecified atom stereocenters. The van der Waals surface area contributed by atoms with Crippen LogP contribution in [0.2, 0.25) is 0 Å². The monoisotopic (exact) mass is 426 g/mol. The number of ketones is 1. The van der Waals surface area contributed by atoms with Crippen LogP contribution in [0.25, 0.3) is 15.6 Å². The Bertz CT molecular complexity index is 1460. The Hall–Kier alpha value is -3.90. The van der Waals surface area contributed by atoms with Crippen LogP contribution in [0.1, 0.15) is 21.6 Å². The molecule has 2 aromatic heterocycles. The topological polar surface area (TPSA) is 56.6 Å². The normalized spacial score (nSPS) is 11.8. The maximum absolute atomic E-state index is 13.4. The maximum Gasteiger partial charge on any atom is 0.296 e. The molecule has 0 saturated heterocycles. The van der Waals surface area contributed by atoms with Crippen molar-refractivity contribution in [2.75, 3.05) is 0 Å². The molecule has 0 spiro atoms. The molecule has 0 atom stereocenters. The number of carbonyl (C=O) groups is 1. The van der Waals surface area contributed by atoms with Gasteiger partial charge in [-0.15, -0.1) is 4.40 Å². The minimum Gasteiger partial charge on any atom is -0.858 e. The molecule has 5 aromatic rings. The van der Waals surface area contributed by atoms with Gasteiger partial charge in [0.2, 0.25) is 0 Å². The Morgan fingerprint density at radius 3 is 2.35 bits per heavy atom. The third-order valence-corrected chi connectivity index (χ3v) is 6.08. The average Bonchev–Trinajstić information content (AvgIpc) is 3.18. The minimum atomic E-state index is -0.426. The summed E-state index contributed by atoms with van der Waals surface area (Å²) in [5.74, 6) is -1.18. The fourth-order valence-corrected chi connectivity index (χ4v) is 4.62. The summed E-state index contributed by atoms with van der Waals surface area (Å²) in [6, 6.07) is 23.8. The zero-order valence-electron chi connectivity index (χ0n) is 16.2. The van der Waals surface area contributed by atoms with E-state index in [9.17, 15) is 14.3 Å². The van der Waals surface area contributed by atoms with Crippen molar-refractivity contribution in [2.24, 2.45) is 4.99 Å². The van der Waals surface area contributed by atoms with Gasteiger partial charge in [-0.3, -0.25) is 4.79 Å². The van der Waals surface area contributed by atoms with E-state index in [-0.39, 0.29) is 11.5 Å². The summed E-state index contributed by atoms with van der Waals surface area (Å²) in [6.07, 6.45) is 1.80. The van der Waals surface area contributed by atoms with Gasteiger partial charge in [0.05, 0.1) is 5.39 Å². The fraction of sp³-hybridized carbons (Fsp3) is 0. The van der Waals surface area contributed by atoms with Gasteiger partial charge in [0.25, 0.3) is 16.3 Å². The molecule has 0 N–H and O–H groups in total. The van der Waals surface area contributed by atoms with Crippen LogP contribution in [-0.4, -0.2) is 11.7 Å². The van der Waals surface area contributed by atoms with E-state index < -0.39 is 11.7 Å². The van der Waals surface area contributed by atoms with E-state index in [0.717, 1.165) is 15.6 Å². The molecule has 2 heterocycles. The van der Waals surface area contributed by atoms with E-state index in [1.54, 1.807) is 34.9 Å². The highest BCUT2D eigenvalue weighted by Gasteiger charge is 2.30. The Balaban J connectivity index is 1.76. The van der Waals surface area contributed by atoms with Crippen molar-refractivity contribution in [3.63, 3.8) is 0 Å². The Morgan fingerprint density at radius 2 is 1.58 bits per heavy atom. The van der Waals surface area contributed by atoms with Crippen molar-refractivity contribution in [3.8, 4) is 0 Å². The first-order chi connectivity index (χ1) is 15.1. The number of aromatic nitrogens is 1. The van der Waals surface area contributed by atoms with E-state index in [2.05, 4.69) is 4.99 Å². The molecule has 5 rings (SSSR count). The van der Waals surface area contributed by atoms with Gasteiger partial charge in [-0.2, -0.15) is 0 Å². The Labute approximate surface area is 181 Å². The molecule has 0 fully saturated rings. The molecular weight excluding hydrogens is 411 g/mol. The van der Waals surface area contributed by atoms with Gasteiger partial charge in [0, 0.05) is 11.6 Å². The van der Waals surface area contributed by atoms with Gasteiger partial charge in [0.1, 0.15) is 5.82 Å². The molecular formula is C25H15FN2O2S. The van der Waals surface area contributed by atoms with Crippen molar-refractivity contribution in [2.45, 2.75) is 0 Å². The molecule has 150 valence electrons. The second-order valence-electron chi connectivity index (χ2n) is 6.95. The van der Waals surface area contributed by atoms with E-state index in [4.69, 9.17) is 0 Å². The van der Waals surface area contributed by atoms with Crippen LogP contribution in [0, 0.1) is 5.82 Å². The van der Waals surface area contributed by atoms with Crippen molar-refractivity contribution in [1.82, 2.24) is 0 Å². The summed E-state index contributed by atoms with van der Waals surface area (Å²) < 4.78 is 15.1. The lowest BCUT2D eigenvalue weighted by Crippen LogP contribution is -2.28. The van der Waals surface area contributed by atoms with Crippen molar-refractivity contribution in [3.05, 3.63) is 114 Å². The van der Waals surface area contributed by atoms with Crippen LogP contribution >= 0.6 is 11.3 Å². The average molecular weight is 426 g/mol. The molecule has 0 aliphatic carbocycles. The number of fused-ring (bicyclic) bond motifs is 3. The number of pyridine rings is 1. The number of hydrogen-bond donors (Lipinski definition) is 0. The van der Waals surface area contributed by atoms with Gasteiger partial charge in [-0.05, 0) is 58.5 Å². The van der Waals surface area contributed by atoms with Gasteiger partial charge >= 0.3 is 0 Å². The summed E-state index contributed by atoms with van der Waals surface area (Å²) in [6.45, 7) is 0. The van der Waals surface area contributed by atoms with Crippen LogP contribution in [0.4, 0.5) is 9.39 Å². The van der Waals surface area contributed by atoms with Crippen molar-refractivity contribution >= 4 is 43.6 Å². The molecule has 0 aliphatic rings. The highest BCUT2D eigenvalue weighted by atomic mass is 32.1. The molecule has 0 radical (unpaired) electrons. The minimum absolute atomic E-state index is 0.279. The standard InChI is InChI=1S/C25H15FN2O2S/c26-19-12-10-17(11-13-19)22(29)21-24(27-23(30)18-7-2-1-3-8-18)31-25-20-9-5-4-6-16(20)14-15-28(21)25/h1-15H. The van der Waals surface area contributed by atoms with Crippen molar-refractivity contribution < 1.29 is 18.7 Å². The zero-order chi connectivity index (χ0) is 21.4. The lowest BCUT2D eigenvalue weighted by atomic mass is 10.1. The van der Waals surface area contributed by atoms with E-state index >= 15 is 0 Å². The highest BCUT2D eigenvalue weighted by molar-refractivity contribution is 7.21. The number of thiazole rings is 1. The van der Waals surface area contributed by atoms with Crippen molar-refractivity contribution in [1.29, 1.82) is 0 Å². The molecule has 4 nitrogen and oxygen atoms in total. The lowest BCUT2D eigenvalue weighted by Gasteiger charge is -2.09. The highest BCUT2D eigenvalue weighted by Crippen LogP contribution is 2.33. The second kappa shape index (κ2) is 7.74. The number of aliphatic imine (C=N–C) groups is 1. The van der Waals surface area contributed by atoms with Gasteiger partial charge in [-0.25, -0.2) is 9.38 Å². The van der Waals surface area contributed by atoms with Gasteiger partial charge in [-0.1, -0.05) is 48.5 Å². The molecule has 6 heteroatoms. The smallest absolute Gasteiger partial charge is 0.296 e. The molecule has 3 aromatic carbocycles. The second-order valence-corrected chi connectivity index (χ2v) is 7.93. The lowest BCUT2D eigenvalue weighted by molar-refractivity contribution is -0.508. The predicted molar refractivity (Wildman–Crippen MR) is 117 cm³/mol. The van der Waals surface area contributed by atoms with E-state index in [0.29, 0.717) is 16.1 Å². The third kappa shape index (κ3) is 3.47. The van der Waals surface area contributed by atoms with Gasteiger partial charge < -0.3 is 5.11 Å². The largest absolute Gasteiger partial charge is 0.858 e. The summed E-state index contributed by atoms with van der Waals surface area (Å²) in [7, 11) is 0. The number of rotatable bonds is 4. The summed E-state index contributed by atoms with van der Waals surface area (Å²) >= 11 is 1.28. The number of carbonyl (C=O) groups excluding carboxylic acids is 1. The number of halogens is 1. The summed E-state index contributed by atoms with van der Waals surface area (Å²) in [5, 5.41) is 15.1. The molecule has 0 aliphatic heterocycles. The van der Waals surface area contributed by atoms with Gasteiger partial charge in [0.15, 0.2) is 11.2 Å². The Kier molecular flexibility index (Phi) is 4.76. The first-order valence-electron chi connectivity index (χ1n) is 9.59. The van der Waals surface area contributed by atoms with Crippen LogP contribution in [-0.2, 0) is 0 Å². The summed E-state index contributed by atoms with van der Waals surface area (Å²) in [4.78, 5) is 18.5. The maximum atomic E-state index is 13.4. The molecule has 31 heavy (non-hydrogen) atoms. The number of benzene rings is 3. The molecule has 0 saturated carbocycles. The first-order valence-corrected chi connectivity index (χ1v) is 10.4. The van der Waals surface area contributed by atoms with Crippen LogP contribution in [0.5, 0.6) is 0 Å². The van der Waals surface area contributed by atoms with Crippen LogP contribution < -0.4 is 9.51 Å². The van der Waals surface area contributed by atoms with E-state index in [1.165, 1.54) is 35.6 Å². The zero-order valence-corrected chi connectivity index (χ0v) is 17.0. The SMILES string of the molecule is O=C(c1ccc(F)cc1)c1c(/N=C(\[O-])c2ccccc2)sc2c3ccccc3cc[n+]12. The third-order valence-electron chi connectivity index (χ3n) is 5.00. The number of nitrogens with zero attached hydrogens (tertiary/aromatic N) is 2. The van der Waals surface area contributed by atoms with Crippen LogP contribution in [0.15, 0.2) is 96.1 Å².